The number of fused-ring (bicyclic) bond motifs is 1. The van der Waals surface area contributed by atoms with Crippen LogP contribution in [0.1, 0.15) is 21.5 Å². The Morgan fingerprint density at radius 1 is 1.16 bits per heavy atom. The third-order valence-corrected chi connectivity index (χ3v) is 6.18. The van der Waals surface area contributed by atoms with E-state index in [9.17, 15) is 9.59 Å². The number of carbonyl (C=O) groups excluding carboxylic acids is 1. The van der Waals surface area contributed by atoms with Crippen LogP contribution in [0.15, 0.2) is 59.9 Å². The van der Waals surface area contributed by atoms with Crippen LogP contribution in [-0.4, -0.2) is 51.4 Å². The SMILES string of the molecule is C=CCn1c(=S)[nH]c2cc(C(=O)N3CCN(Cc4ccccc4C)CC3)ccc2c1=O. The van der Waals surface area contributed by atoms with Gasteiger partial charge in [-0.25, -0.2) is 0 Å². The summed E-state index contributed by atoms with van der Waals surface area (Å²) in [7, 11) is 0. The maximum Gasteiger partial charge on any atom is 0.262 e. The van der Waals surface area contributed by atoms with Gasteiger partial charge in [-0.1, -0.05) is 30.3 Å². The van der Waals surface area contributed by atoms with Gasteiger partial charge in [-0.15, -0.1) is 6.58 Å². The lowest BCUT2D eigenvalue weighted by molar-refractivity contribution is 0.0628. The molecule has 0 bridgehead atoms. The van der Waals surface area contributed by atoms with Gasteiger partial charge in [0.1, 0.15) is 0 Å². The molecule has 160 valence electrons. The lowest BCUT2D eigenvalue weighted by Gasteiger charge is -2.35. The molecule has 1 saturated heterocycles. The molecular formula is C24H26N4O2S. The maximum absolute atomic E-state index is 13.1. The number of hydrogen-bond acceptors (Lipinski definition) is 4. The van der Waals surface area contributed by atoms with Gasteiger partial charge >= 0.3 is 0 Å². The van der Waals surface area contributed by atoms with Crippen molar-refractivity contribution in [1.29, 1.82) is 0 Å². The van der Waals surface area contributed by atoms with E-state index >= 15 is 0 Å². The second kappa shape index (κ2) is 8.99. The first-order chi connectivity index (χ1) is 15.0. The molecule has 1 N–H and O–H groups in total. The lowest BCUT2D eigenvalue weighted by atomic mass is 10.1. The Morgan fingerprint density at radius 2 is 1.90 bits per heavy atom. The summed E-state index contributed by atoms with van der Waals surface area (Å²) in [6.45, 7) is 10.1. The molecular weight excluding hydrogens is 408 g/mol. The zero-order chi connectivity index (χ0) is 22.0. The highest BCUT2D eigenvalue weighted by Gasteiger charge is 2.23. The maximum atomic E-state index is 13.1. The second-order valence-electron chi connectivity index (χ2n) is 7.89. The Bertz CT molecular complexity index is 1250. The molecule has 2 aromatic carbocycles. The van der Waals surface area contributed by atoms with Crippen molar-refractivity contribution in [2.45, 2.75) is 20.0 Å². The molecule has 4 rings (SSSR count). The normalized spacial score (nSPS) is 14.7. The Labute approximate surface area is 186 Å². The Kier molecular flexibility index (Phi) is 6.15. The topological polar surface area (TPSA) is 61.3 Å². The zero-order valence-electron chi connectivity index (χ0n) is 17.6. The van der Waals surface area contributed by atoms with E-state index in [2.05, 4.69) is 47.7 Å². The monoisotopic (exact) mass is 434 g/mol. The van der Waals surface area contributed by atoms with Crippen LogP contribution in [0.5, 0.6) is 0 Å². The molecule has 3 aromatic rings. The molecule has 0 atom stereocenters. The predicted molar refractivity (Wildman–Crippen MR) is 126 cm³/mol. The van der Waals surface area contributed by atoms with Gasteiger partial charge < -0.3 is 9.88 Å². The predicted octanol–water partition coefficient (Wildman–Crippen LogP) is 3.51. The molecule has 0 aliphatic carbocycles. The van der Waals surface area contributed by atoms with Gasteiger partial charge in [0.2, 0.25) is 0 Å². The minimum Gasteiger partial charge on any atom is -0.336 e. The van der Waals surface area contributed by atoms with Crippen LogP contribution in [0, 0.1) is 11.7 Å². The number of aromatic amines is 1. The standard InChI is InChI=1S/C24H26N4O2S/c1-3-10-28-23(30)20-9-8-18(15-21(20)25-24(28)31)22(29)27-13-11-26(12-14-27)16-19-7-5-4-6-17(19)2/h3-9,15H,1,10-14,16H2,2H3,(H,25,31). The summed E-state index contributed by atoms with van der Waals surface area (Å²) in [5, 5.41) is 0.509. The summed E-state index contributed by atoms with van der Waals surface area (Å²) in [5.41, 5.74) is 3.59. The highest BCUT2D eigenvalue weighted by molar-refractivity contribution is 7.71. The van der Waals surface area contributed by atoms with Gasteiger partial charge in [-0.05, 0) is 48.5 Å². The third kappa shape index (κ3) is 4.38. The first-order valence-corrected chi connectivity index (χ1v) is 10.8. The number of carbonyl (C=O) groups is 1. The number of aromatic nitrogens is 2. The van der Waals surface area contributed by atoms with Gasteiger partial charge in [0.05, 0.1) is 10.9 Å². The molecule has 1 aromatic heterocycles. The molecule has 2 heterocycles. The van der Waals surface area contributed by atoms with Crippen LogP contribution in [0.25, 0.3) is 10.9 Å². The third-order valence-electron chi connectivity index (χ3n) is 5.86. The minimum atomic E-state index is -0.178. The fourth-order valence-corrected chi connectivity index (χ4v) is 4.27. The molecule has 1 aliphatic heterocycles. The smallest absolute Gasteiger partial charge is 0.262 e. The molecule has 31 heavy (non-hydrogen) atoms. The number of nitrogens with zero attached hydrogens (tertiary/aromatic N) is 3. The van der Waals surface area contributed by atoms with E-state index in [-0.39, 0.29) is 11.5 Å². The molecule has 0 unspecified atom stereocenters. The van der Waals surface area contributed by atoms with Gasteiger partial charge in [0, 0.05) is 44.8 Å². The van der Waals surface area contributed by atoms with Crippen LogP contribution in [0.2, 0.25) is 0 Å². The van der Waals surface area contributed by atoms with Crippen molar-refractivity contribution >= 4 is 29.0 Å². The number of rotatable bonds is 5. The van der Waals surface area contributed by atoms with Crippen molar-refractivity contribution in [2.24, 2.45) is 0 Å². The summed E-state index contributed by atoms with van der Waals surface area (Å²) >= 11 is 5.30. The molecule has 0 radical (unpaired) electrons. The van der Waals surface area contributed by atoms with Crippen LogP contribution < -0.4 is 5.56 Å². The van der Waals surface area contributed by atoms with E-state index in [1.807, 2.05) is 4.90 Å². The van der Waals surface area contributed by atoms with Crippen molar-refractivity contribution in [1.82, 2.24) is 19.4 Å². The van der Waals surface area contributed by atoms with E-state index < -0.39 is 0 Å². The van der Waals surface area contributed by atoms with Crippen LogP contribution in [0.3, 0.4) is 0 Å². The summed E-state index contributed by atoms with van der Waals surface area (Å²) < 4.78 is 1.78. The summed E-state index contributed by atoms with van der Waals surface area (Å²) in [6.07, 6.45) is 1.63. The second-order valence-corrected chi connectivity index (χ2v) is 8.28. The first kappa shape index (κ1) is 21.2. The molecule has 7 heteroatoms. The van der Waals surface area contributed by atoms with Crippen molar-refractivity contribution in [3.8, 4) is 0 Å². The number of aryl methyl sites for hydroxylation is 1. The van der Waals surface area contributed by atoms with Gasteiger partial charge in [0.25, 0.3) is 11.5 Å². The van der Waals surface area contributed by atoms with Crippen molar-refractivity contribution < 1.29 is 4.79 Å². The number of hydrogen-bond donors (Lipinski definition) is 1. The minimum absolute atomic E-state index is 0.0213. The van der Waals surface area contributed by atoms with Gasteiger partial charge in [-0.3, -0.25) is 19.1 Å². The zero-order valence-corrected chi connectivity index (χ0v) is 18.5. The molecule has 0 saturated carbocycles. The fraction of sp³-hybridized carbons (Fsp3) is 0.292. The fourth-order valence-electron chi connectivity index (χ4n) is 4.00. The van der Waals surface area contributed by atoms with E-state index in [1.54, 1.807) is 24.3 Å². The molecule has 0 spiro atoms. The van der Waals surface area contributed by atoms with E-state index in [4.69, 9.17) is 12.2 Å². The summed E-state index contributed by atoms with van der Waals surface area (Å²) in [6, 6.07) is 13.6. The van der Waals surface area contributed by atoms with Crippen molar-refractivity contribution in [3.05, 3.63) is 86.9 Å². The molecule has 1 amide bonds. The molecule has 1 fully saturated rings. The molecule has 6 nitrogen and oxygen atoms in total. The Hall–Kier alpha value is -3.03. The average molecular weight is 435 g/mol. The van der Waals surface area contributed by atoms with E-state index in [0.717, 1.165) is 19.6 Å². The van der Waals surface area contributed by atoms with Crippen LogP contribution in [0.4, 0.5) is 0 Å². The van der Waals surface area contributed by atoms with Gasteiger partial charge in [-0.2, -0.15) is 0 Å². The molecule has 1 aliphatic rings. The largest absolute Gasteiger partial charge is 0.336 e. The number of nitrogens with one attached hydrogen (secondary N) is 1. The number of piperazine rings is 1. The van der Waals surface area contributed by atoms with Crippen LogP contribution in [-0.2, 0) is 13.1 Å². The highest BCUT2D eigenvalue weighted by Crippen LogP contribution is 2.16. The van der Waals surface area contributed by atoms with Gasteiger partial charge in [0.15, 0.2) is 4.77 Å². The number of allylic oxidation sites excluding steroid dienone is 1. The number of H-pyrrole nitrogens is 1. The van der Waals surface area contributed by atoms with Crippen molar-refractivity contribution in [2.75, 3.05) is 26.2 Å². The lowest BCUT2D eigenvalue weighted by Crippen LogP contribution is -2.48. The summed E-state index contributed by atoms with van der Waals surface area (Å²) in [5.74, 6) is -0.0213. The number of benzene rings is 2. The Morgan fingerprint density at radius 3 is 2.61 bits per heavy atom. The van der Waals surface area contributed by atoms with E-state index in [0.29, 0.717) is 40.9 Å². The quantitative estimate of drug-likeness (QED) is 0.493. The van der Waals surface area contributed by atoms with Crippen LogP contribution >= 0.6 is 12.2 Å². The Balaban J connectivity index is 1.48. The average Bonchev–Trinajstić information content (AvgIpc) is 2.78. The first-order valence-electron chi connectivity index (χ1n) is 10.4. The van der Waals surface area contributed by atoms with E-state index in [1.165, 1.54) is 15.7 Å². The number of amides is 1. The van der Waals surface area contributed by atoms with Crippen molar-refractivity contribution in [3.63, 3.8) is 0 Å². The summed E-state index contributed by atoms with van der Waals surface area (Å²) in [4.78, 5) is 33.1. The highest BCUT2D eigenvalue weighted by atomic mass is 32.1.